The van der Waals surface area contributed by atoms with Crippen LogP contribution >= 0.6 is 0 Å². The Morgan fingerprint density at radius 3 is 2.67 bits per heavy atom. The fourth-order valence-corrected chi connectivity index (χ4v) is 1.10. The van der Waals surface area contributed by atoms with Crippen LogP contribution in [0.2, 0.25) is 0 Å². The molecule has 12 heavy (non-hydrogen) atoms. The Hall–Kier alpha value is -1.57. The van der Waals surface area contributed by atoms with E-state index in [0.717, 1.165) is 0 Å². The van der Waals surface area contributed by atoms with E-state index in [1.807, 2.05) is 12.1 Å². The maximum Gasteiger partial charge on any atom is 0.147 e. The number of benzene rings is 1. The molecular weight excluding hydrogens is 153 g/mol. The molecule has 0 aliphatic heterocycles. The largest absolute Gasteiger partial charge is 0.321 e. The third-order valence-electron chi connectivity index (χ3n) is 1.67. The molecule has 0 aliphatic rings. The highest BCUT2D eigenvalue weighted by Gasteiger charge is 1.99. The Bertz CT molecular complexity index is 409. The summed E-state index contributed by atoms with van der Waals surface area (Å²) in [6, 6.07) is 8.30. The topological polar surface area (TPSA) is 4.93 Å². The molecule has 0 bridgehead atoms. The van der Waals surface area contributed by atoms with Crippen LogP contribution in [0, 0.1) is 5.82 Å². The highest BCUT2D eigenvalue weighted by molar-refractivity contribution is 5.33. The lowest BCUT2D eigenvalue weighted by Crippen LogP contribution is -1.92. The molecule has 0 atom stereocenters. The molecule has 1 aromatic carbocycles. The molecule has 0 radical (unpaired) electrons. The lowest BCUT2D eigenvalue weighted by atomic mass is 10.3. The minimum atomic E-state index is -0.487. The summed E-state index contributed by atoms with van der Waals surface area (Å²) in [6.45, 7) is 0. The number of hydrogen-bond donors (Lipinski definition) is 0. The fraction of sp³-hybridized carbons (Fsp3) is 0. The molecule has 0 aliphatic carbocycles. The molecule has 2 aromatic rings. The van der Waals surface area contributed by atoms with Gasteiger partial charge in [0.2, 0.25) is 0 Å². The average molecular weight is 162 g/mol. The van der Waals surface area contributed by atoms with Crippen molar-refractivity contribution in [2.75, 3.05) is 0 Å². The van der Waals surface area contributed by atoms with Crippen LogP contribution in [0.3, 0.4) is 0 Å². The average Bonchev–Trinajstić information content (AvgIpc) is 2.62. The van der Waals surface area contributed by atoms with E-state index in [2.05, 4.69) is 0 Å². The monoisotopic (exact) mass is 162 g/mol. The second kappa shape index (κ2) is 2.81. The van der Waals surface area contributed by atoms with Gasteiger partial charge in [-0.3, -0.25) is 0 Å². The van der Waals surface area contributed by atoms with E-state index < -0.39 is 5.82 Å². The molecule has 2 heteroatoms. The summed E-state index contributed by atoms with van der Waals surface area (Å²) >= 11 is 0. The summed E-state index contributed by atoms with van der Waals surface area (Å²) in [5.41, 5.74) is 0.414. The van der Waals surface area contributed by atoms with Crippen molar-refractivity contribution in [3.05, 3.63) is 54.6 Å². The zero-order chi connectivity index (χ0) is 9.26. The van der Waals surface area contributed by atoms with E-state index in [0.29, 0.717) is 5.69 Å². The Balaban J connectivity index is 2.59. The first kappa shape index (κ1) is 6.00. The maximum absolute atomic E-state index is 13.4. The third-order valence-corrected chi connectivity index (χ3v) is 1.67. The van der Waals surface area contributed by atoms with Crippen molar-refractivity contribution in [3.8, 4) is 5.69 Å². The third kappa shape index (κ3) is 1.11. The molecule has 2 rings (SSSR count). The molecule has 1 aromatic heterocycles. The Kier molecular flexibility index (Phi) is 1.41. The SMILES string of the molecule is [2H]c1cccc(-n2cccc2)c1F. The normalized spacial score (nSPS) is 11.2. The summed E-state index contributed by atoms with van der Waals surface area (Å²) in [6.07, 6.45) is 3.50. The van der Waals surface area contributed by atoms with E-state index in [9.17, 15) is 4.39 Å². The highest BCUT2D eigenvalue weighted by Crippen LogP contribution is 2.11. The highest BCUT2D eigenvalue weighted by atomic mass is 19.1. The van der Waals surface area contributed by atoms with Gasteiger partial charge in [-0.15, -0.1) is 0 Å². The summed E-state index contributed by atoms with van der Waals surface area (Å²) in [4.78, 5) is 0. The molecule has 0 fully saturated rings. The summed E-state index contributed by atoms with van der Waals surface area (Å²) < 4.78 is 22.3. The molecule has 60 valence electrons. The predicted molar refractivity (Wildman–Crippen MR) is 45.7 cm³/mol. The van der Waals surface area contributed by atoms with Crippen molar-refractivity contribution < 1.29 is 5.76 Å². The van der Waals surface area contributed by atoms with Gasteiger partial charge in [0.05, 0.1) is 7.06 Å². The van der Waals surface area contributed by atoms with E-state index in [1.165, 1.54) is 6.07 Å². The van der Waals surface area contributed by atoms with Gasteiger partial charge in [0.15, 0.2) is 0 Å². The van der Waals surface area contributed by atoms with Gasteiger partial charge >= 0.3 is 0 Å². The number of nitrogens with zero attached hydrogens (tertiary/aromatic N) is 1. The number of rotatable bonds is 1. The zero-order valence-electron chi connectivity index (χ0n) is 7.37. The molecular formula is C10H8FN. The van der Waals surface area contributed by atoms with Gasteiger partial charge in [-0.25, -0.2) is 4.39 Å². The van der Waals surface area contributed by atoms with E-state index in [-0.39, 0.29) is 6.04 Å². The zero-order valence-corrected chi connectivity index (χ0v) is 6.37. The van der Waals surface area contributed by atoms with Crippen molar-refractivity contribution in [2.24, 2.45) is 0 Å². The molecule has 1 heterocycles. The van der Waals surface area contributed by atoms with Crippen molar-refractivity contribution in [1.29, 1.82) is 0 Å². The first-order valence-corrected chi connectivity index (χ1v) is 3.67. The summed E-state index contributed by atoms with van der Waals surface area (Å²) in [5.74, 6) is -0.487. The molecule has 0 spiro atoms. The lowest BCUT2D eigenvalue weighted by molar-refractivity contribution is 0.618. The van der Waals surface area contributed by atoms with Crippen LogP contribution < -0.4 is 0 Å². The Labute approximate surface area is 71.5 Å². The van der Waals surface area contributed by atoms with Gasteiger partial charge in [0, 0.05) is 12.4 Å². The van der Waals surface area contributed by atoms with Crippen LogP contribution in [-0.4, -0.2) is 4.57 Å². The van der Waals surface area contributed by atoms with Crippen molar-refractivity contribution in [2.45, 2.75) is 0 Å². The van der Waals surface area contributed by atoms with Gasteiger partial charge in [-0.05, 0) is 24.2 Å². The van der Waals surface area contributed by atoms with E-state index in [4.69, 9.17) is 1.37 Å². The molecule has 0 amide bonds. The van der Waals surface area contributed by atoms with Gasteiger partial charge in [0.1, 0.15) is 5.82 Å². The Morgan fingerprint density at radius 1 is 1.17 bits per heavy atom. The van der Waals surface area contributed by atoms with Crippen molar-refractivity contribution in [1.82, 2.24) is 4.57 Å². The van der Waals surface area contributed by atoms with Crippen LogP contribution in [0.5, 0.6) is 0 Å². The first-order valence-electron chi connectivity index (χ1n) is 4.17. The fourth-order valence-electron chi connectivity index (χ4n) is 1.10. The molecule has 0 saturated carbocycles. The summed E-state index contributed by atoms with van der Waals surface area (Å²) in [7, 11) is 0. The Morgan fingerprint density at radius 2 is 1.92 bits per heavy atom. The quantitative estimate of drug-likeness (QED) is 0.607. The van der Waals surface area contributed by atoms with Gasteiger partial charge in [0.25, 0.3) is 0 Å². The van der Waals surface area contributed by atoms with Crippen LogP contribution in [0.25, 0.3) is 5.69 Å². The van der Waals surface area contributed by atoms with Gasteiger partial charge in [-0.1, -0.05) is 12.1 Å². The standard InChI is InChI=1S/C10H8FN/c11-9-5-1-2-6-10(9)12-7-3-4-8-12/h1-8H/i5D. The van der Waals surface area contributed by atoms with Crippen molar-refractivity contribution >= 4 is 0 Å². The smallest absolute Gasteiger partial charge is 0.147 e. The number of para-hydroxylation sites is 1. The second-order valence-electron chi connectivity index (χ2n) is 2.46. The summed E-state index contributed by atoms with van der Waals surface area (Å²) in [5, 5.41) is 0. The van der Waals surface area contributed by atoms with Gasteiger partial charge in [-0.2, -0.15) is 0 Å². The molecule has 0 saturated heterocycles. The van der Waals surface area contributed by atoms with Crippen LogP contribution in [0.1, 0.15) is 1.37 Å². The number of aromatic nitrogens is 1. The molecule has 1 nitrogen and oxygen atoms in total. The minimum absolute atomic E-state index is 0.0776. The van der Waals surface area contributed by atoms with Crippen molar-refractivity contribution in [3.63, 3.8) is 0 Å². The number of halogens is 1. The second-order valence-corrected chi connectivity index (χ2v) is 2.46. The van der Waals surface area contributed by atoms with Crippen LogP contribution in [0.4, 0.5) is 4.39 Å². The molecule has 0 N–H and O–H groups in total. The lowest BCUT2D eigenvalue weighted by Gasteiger charge is -2.02. The minimum Gasteiger partial charge on any atom is -0.321 e. The maximum atomic E-state index is 13.4. The van der Waals surface area contributed by atoms with Crippen LogP contribution in [0.15, 0.2) is 48.8 Å². The first-order chi connectivity index (χ1) is 6.29. The van der Waals surface area contributed by atoms with E-state index >= 15 is 0 Å². The van der Waals surface area contributed by atoms with Gasteiger partial charge < -0.3 is 4.57 Å². The molecule has 0 unspecified atom stereocenters. The predicted octanol–water partition coefficient (Wildman–Crippen LogP) is 2.62. The van der Waals surface area contributed by atoms with Crippen LogP contribution in [-0.2, 0) is 0 Å². The number of hydrogen-bond acceptors (Lipinski definition) is 0. The van der Waals surface area contributed by atoms with E-state index in [1.54, 1.807) is 29.1 Å².